The summed E-state index contributed by atoms with van der Waals surface area (Å²) in [4.78, 5) is 24.8. The molecule has 2 N–H and O–H groups in total. The monoisotopic (exact) mass is 270 g/mol. The summed E-state index contributed by atoms with van der Waals surface area (Å²) in [7, 11) is 1.32. The van der Waals surface area contributed by atoms with Gasteiger partial charge in [-0.1, -0.05) is 12.8 Å². The second-order valence-electron chi connectivity index (χ2n) is 5.50. The number of carbonyl (C=O) groups excluding carboxylic acids is 1. The van der Waals surface area contributed by atoms with Crippen LogP contribution in [0.3, 0.4) is 0 Å². The van der Waals surface area contributed by atoms with E-state index >= 15 is 0 Å². The Morgan fingerprint density at radius 1 is 1.26 bits per heavy atom. The number of rotatable bonds is 3. The van der Waals surface area contributed by atoms with E-state index in [0.717, 1.165) is 19.4 Å². The molecular weight excluding hydrogens is 248 g/mol. The van der Waals surface area contributed by atoms with E-state index in [1.807, 2.05) is 0 Å². The van der Waals surface area contributed by atoms with E-state index in [2.05, 4.69) is 15.0 Å². The summed E-state index contributed by atoms with van der Waals surface area (Å²) in [6, 6.07) is 0.340. The van der Waals surface area contributed by atoms with Crippen LogP contribution >= 0.6 is 0 Å². The Morgan fingerprint density at radius 3 is 2.53 bits per heavy atom. The molecule has 6 heteroatoms. The Kier molecular flexibility index (Phi) is 4.63. The number of amides is 1. The van der Waals surface area contributed by atoms with Crippen molar-refractivity contribution in [3.05, 3.63) is 0 Å². The summed E-state index contributed by atoms with van der Waals surface area (Å²) in [6.07, 6.45) is 4.70. The zero-order valence-electron chi connectivity index (χ0n) is 11.3. The largest absolute Gasteiger partial charge is 0.481 e. The van der Waals surface area contributed by atoms with Crippen LogP contribution in [0, 0.1) is 5.92 Å². The van der Waals surface area contributed by atoms with E-state index in [-0.39, 0.29) is 6.04 Å². The number of carbonyl (C=O) groups is 2. The molecule has 2 rings (SSSR count). The van der Waals surface area contributed by atoms with E-state index in [4.69, 9.17) is 0 Å². The number of piperidine rings is 1. The van der Waals surface area contributed by atoms with Crippen molar-refractivity contribution in [1.29, 1.82) is 0 Å². The number of nitrogens with zero attached hydrogens (tertiary/aromatic N) is 1. The SMILES string of the molecule is COC(=O)NC1CC(C(=O)O)CN(C2CCCC2)C1. The molecule has 0 aromatic rings. The van der Waals surface area contributed by atoms with Crippen LogP contribution in [-0.2, 0) is 9.53 Å². The number of aliphatic carboxylic acids is 1. The van der Waals surface area contributed by atoms with Gasteiger partial charge >= 0.3 is 12.1 Å². The molecule has 0 aromatic heterocycles. The van der Waals surface area contributed by atoms with Crippen LogP contribution in [0.2, 0.25) is 0 Å². The molecule has 1 amide bonds. The average molecular weight is 270 g/mol. The van der Waals surface area contributed by atoms with E-state index in [9.17, 15) is 14.7 Å². The van der Waals surface area contributed by atoms with Crippen LogP contribution in [0.15, 0.2) is 0 Å². The zero-order chi connectivity index (χ0) is 13.8. The van der Waals surface area contributed by atoms with Gasteiger partial charge in [0.1, 0.15) is 0 Å². The van der Waals surface area contributed by atoms with Crippen molar-refractivity contribution >= 4 is 12.1 Å². The van der Waals surface area contributed by atoms with Gasteiger partial charge in [0.05, 0.1) is 13.0 Å². The van der Waals surface area contributed by atoms with Gasteiger partial charge in [0.2, 0.25) is 0 Å². The molecule has 2 aliphatic rings. The molecule has 0 aromatic carbocycles. The molecule has 2 fully saturated rings. The van der Waals surface area contributed by atoms with Crippen LogP contribution < -0.4 is 5.32 Å². The highest BCUT2D eigenvalue weighted by Gasteiger charge is 2.36. The molecule has 1 saturated carbocycles. The Labute approximate surface area is 113 Å². The molecule has 108 valence electrons. The van der Waals surface area contributed by atoms with E-state index < -0.39 is 18.0 Å². The summed E-state index contributed by atoms with van der Waals surface area (Å²) >= 11 is 0. The van der Waals surface area contributed by atoms with Gasteiger partial charge in [-0.2, -0.15) is 0 Å². The number of hydrogen-bond donors (Lipinski definition) is 2. The number of ether oxygens (including phenoxy) is 1. The minimum Gasteiger partial charge on any atom is -0.481 e. The van der Waals surface area contributed by atoms with Crippen molar-refractivity contribution in [2.24, 2.45) is 5.92 Å². The van der Waals surface area contributed by atoms with E-state index in [0.29, 0.717) is 19.0 Å². The maximum absolute atomic E-state index is 11.3. The first kappa shape index (κ1) is 14.1. The Bertz CT molecular complexity index is 342. The number of carboxylic acid groups (broad SMARTS) is 1. The van der Waals surface area contributed by atoms with Crippen molar-refractivity contribution in [2.75, 3.05) is 20.2 Å². The molecule has 1 aliphatic heterocycles. The third-order valence-electron chi connectivity index (χ3n) is 4.18. The minimum absolute atomic E-state index is 0.136. The lowest BCUT2D eigenvalue weighted by Crippen LogP contribution is -2.54. The topological polar surface area (TPSA) is 78.9 Å². The van der Waals surface area contributed by atoms with Gasteiger partial charge in [0.25, 0.3) is 0 Å². The number of carboxylic acids is 1. The maximum atomic E-state index is 11.3. The molecule has 19 heavy (non-hydrogen) atoms. The quantitative estimate of drug-likeness (QED) is 0.801. The van der Waals surface area contributed by atoms with Crippen LogP contribution in [-0.4, -0.2) is 54.4 Å². The van der Waals surface area contributed by atoms with Crippen molar-refractivity contribution in [2.45, 2.75) is 44.2 Å². The van der Waals surface area contributed by atoms with Gasteiger partial charge in [-0.25, -0.2) is 4.79 Å². The first-order valence-electron chi connectivity index (χ1n) is 6.91. The minimum atomic E-state index is -0.778. The van der Waals surface area contributed by atoms with Gasteiger partial charge < -0.3 is 15.2 Å². The van der Waals surface area contributed by atoms with Crippen molar-refractivity contribution < 1.29 is 19.4 Å². The Morgan fingerprint density at radius 2 is 1.95 bits per heavy atom. The molecule has 0 radical (unpaired) electrons. The molecular formula is C13H22N2O4. The van der Waals surface area contributed by atoms with Crippen molar-refractivity contribution in [1.82, 2.24) is 10.2 Å². The van der Waals surface area contributed by atoms with Crippen molar-refractivity contribution in [3.8, 4) is 0 Å². The zero-order valence-corrected chi connectivity index (χ0v) is 11.3. The van der Waals surface area contributed by atoms with Crippen LogP contribution in [0.1, 0.15) is 32.1 Å². The second-order valence-corrected chi connectivity index (χ2v) is 5.50. The maximum Gasteiger partial charge on any atom is 0.407 e. The molecule has 2 unspecified atom stereocenters. The number of methoxy groups -OCH3 is 1. The third-order valence-corrected chi connectivity index (χ3v) is 4.18. The van der Waals surface area contributed by atoms with E-state index in [1.54, 1.807) is 0 Å². The highest BCUT2D eigenvalue weighted by atomic mass is 16.5. The molecule has 1 saturated heterocycles. The fourth-order valence-electron chi connectivity index (χ4n) is 3.21. The normalized spacial score (nSPS) is 29.1. The Hall–Kier alpha value is -1.30. The lowest BCUT2D eigenvalue weighted by Gasteiger charge is -2.39. The lowest BCUT2D eigenvalue weighted by atomic mass is 9.93. The average Bonchev–Trinajstić information content (AvgIpc) is 2.92. The van der Waals surface area contributed by atoms with Gasteiger partial charge in [0.15, 0.2) is 0 Å². The van der Waals surface area contributed by atoms with Gasteiger partial charge in [-0.3, -0.25) is 9.69 Å². The fourth-order valence-corrected chi connectivity index (χ4v) is 3.21. The summed E-state index contributed by atoms with van der Waals surface area (Å²) < 4.78 is 4.59. The number of nitrogens with one attached hydrogen (secondary N) is 1. The number of likely N-dealkylation sites (tertiary alicyclic amines) is 1. The van der Waals surface area contributed by atoms with Crippen LogP contribution in [0.25, 0.3) is 0 Å². The predicted octanol–water partition coefficient (Wildman–Crippen LogP) is 1.06. The summed E-state index contributed by atoms with van der Waals surface area (Å²) in [5.41, 5.74) is 0. The summed E-state index contributed by atoms with van der Waals surface area (Å²) in [5.74, 6) is -1.18. The lowest BCUT2D eigenvalue weighted by molar-refractivity contribution is -0.144. The Balaban J connectivity index is 1.99. The molecule has 1 heterocycles. The molecule has 6 nitrogen and oxygen atoms in total. The molecule has 2 atom stereocenters. The second kappa shape index (κ2) is 6.23. The highest BCUT2D eigenvalue weighted by Crippen LogP contribution is 2.28. The van der Waals surface area contributed by atoms with Crippen molar-refractivity contribution in [3.63, 3.8) is 0 Å². The van der Waals surface area contributed by atoms with Gasteiger partial charge in [0, 0.05) is 25.2 Å². The first-order valence-corrected chi connectivity index (χ1v) is 6.91. The predicted molar refractivity (Wildman–Crippen MR) is 68.9 cm³/mol. The summed E-state index contributed by atoms with van der Waals surface area (Å²) in [5, 5.41) is 12.0. The van der Waals surface area contributed by atoms with Crippen LogP contribution in [0.5, 0.6) is 0 Å². The standard InChI is InChI=1S/C13H22N2O4/c1-19-13(18)14-10-6-9(12(16)17)7-15(8-10)11-4-2-3-5-11/h9-11H,2-8H2,1H3,(H,14,18)(H,16,17). The highest BCUT2D eigenvalue weighted by molar-refractivity contribution is 5.71. The smallest absolute Gasteiger partial charge is 0.407 e. The van der Waals surface area contributed by atoms with E-state index in [1.165, 1.54) is 20.0 Å². The van der Waals surface area contributed by atoms with Crippen LogP contribution in [0.4, 0.5) is 4.79 Å². The first-order chi connectivity index (χ1) is 9.10. The number of alkyl carbamates (subject to hydrolysis) is 1. The fraction of sp³-hybridized carbons (Fsp3) is 0.846. The third kappa shape index (κ3) is 3.59. The molecule has 1 aliphatic carbocycles. The summed E-state index contributed by atoms with van der Waals surface area (Å²) in [6.45, 7) is 1.32. The van der Waals surface area contributed by atoms with Gasteiger partial charge in [-0.05, 0) is 19.3 Å². The number of hydrogen-bond acceptors (Lipinski definition) is 4. The molecule has 0 spiro atoms. The molecule has 0 bridgehead atoms. The van der Waals surface area contributed by atoms with Gasteiger partial charge in [-0.15, -0.1) is 0 Å².